The normalized spacial score (nSPS) is 16.6. The zero-order chi connectivity index (χ0) is 15.1. The summed E-state index contributed by atoms with van der Waals surface area (Å²) in [6, 6.07) is 6.89. The Morgan fingerprint density at radius 1 is 1.38 bits per heavy atom. The highest BCUT2D eigenvalue weighted by atomic mass is 16.5. The number of aromatic hydroxyl groups is 1. The Labute approximate surface area is 125 Å². The van der Waals surface area contributed by atoms with Crippen LogP contribution in [0.4, 0.5) is 0 Å². The number of phenols is 1. The number of likely N-dealkylation sites (tertiary alicyclic amines) is 1. The molecule has 0 radical (unpaired) electrons. The second-order valence-corrected chi connectivity index (χ2v) is 5.44. The largest absolute Gasteiger partial charge is 0.504 e. The fraction of sp³-hybridized carbons (Fsp3) is 0.562. The van der Waals surface area contributed by atoms with Gasteiger partial charge >= 0.3 is 0 Å². The van der Waals surface area contributed by atoms with Gasteiger partial charge in [-0.05, 0) is 37.9 Å². The highest BCUT2D eigenvalue weighted by Crippen LogP contribution is 2.24. The predicted molar refractivity (Wildman–Crippen MR) is 81.5 cm³/mol. The Balaban J connectivity index is 1.70. The van der Waals surface area contributed by atoms with Crippen molar-refractivity contribution < 1.29 is 14.6 Å². The molecule has 5 heteroatoms. The summed E-state index contributed by atoms with van der Waals surface area (Å²) in [4.78, 5) is 14.3. The monoisotopic (exact) mass is 292 g/mol. The van der Waals surface area contributed by atoms with E-state index in [0.717, 1.165) is 32.5 Å². The van der Waals surface area contributed by atoms with Crippen LogP contribution in [0.5, 0.6) is 11.5 Å². The summed E-state index contributed by atoms with van der Waals surface area (Å²) >= 11 is 0. The summed E-state index contributed by atoms with van der Waals surface area (Å²) in [7, 11) is 0. The first-order valence-corrected chi connectivity index (χ1v) is 7.61. The first-order chi connectivity index (χ1) is 10.2. The lowest BCUT2D eigenvalue weighted by atomic mass is 10.0. The van der Waals surface area contributed by atoms with E-state index >= 15 is 0 Å². The molecule has 1 aliphatic rings. The number of hydrogen-bond acceptors (Lipinski definition) is 4. The van der Waals surface area contributed by atoms with Gasteiger partial charge in [-0.2, -0.15) is 0 Å². The van der Waals surface area contributed by atoms with E-state index in [1.165, 1.54) is 12.5 Å². The third-order valence-electron chi connectivity index (χ3n) is 3.72. The van der Waals surface area contributed by atoms with Crippen LogP contribution in [0.25, 0.3) is 0 Å². The van der Waals surface area contributed by atoms with Crippen molar-refractivity contribution >= 4 is 5.91 Å². The summed E-state index contributed by atoms with van der Waals surface area (Å²) in [5.41, 5.74) is 0. The number of piperidine rings is 1. The number of amides is 1. The lowest BCUT2D eigenvalue weighted by Crippen LogP contribution is -2.46. The van der Waals surface area contributed by atoms with Crippen LogP contribution < -0.4 is 10.1 Å². The van der Waals surface area contributed by atoms with Crippen LogP contribution in [0.2, 0.25) is 0 Å². The molecule has 116 valence electrons. The Kier molecular flexibility index (Phi) is 5.87. The molecule has 1 fully saturated rings. The minimum Gasteiger partial charge on any atom is -0.504 e. The Bertz CT molecular complexity index is 457. The van der Waals surface area contributed by atoms with Crippen LogP contribution in [0.3, 0.4) is 0 Å². The van der Waals surface area contributed by atoms with Gasteiger partial charge in [-0.3, -0.25) is 4.79 Å². The van der Waals surface area contributed by atoms with E-state index in [9.17, 15) is 9.90 Å². The molecular formula is C16H24N2O3. The second kappa shape index (κ2) is 7.88. The SMILES string of the molecule is CCCN1CCC(NC(=O)COc2ccccc2O)CC1. The van der Waals surface area contributed by atoms with Gasteiger partial charge in [0.25, 0.3) is 5.91 Å². The maximum Gasteiger partial charge on any atom is 0.258 e. The van der Waals surface area contributed by atoms with Crippen molar-refractivity contribution in [1.82, 2.24) is 10.2 Å². The lowest BCUT2D eigenvalue weighted by Gasteiger charge is -2.32. The molecule has 0 bridgehead atoms. The second-order valence-electron chi connectivity index (χ2n) is 5.44. The third kappa shape index (κ3) is 4.93. The molecule has 0 saturated carbocycles. The smallest absolute Gasteiger partial charge is 0.258 e. The molecule has 0 aliphatic carbocycles. The van der Waals surface area contributed by atoms with Gasteiger partial charge in [0, 0.05) is 19.1 Å². The van der Waals surface area contributed by atoms with E-state index < -0.39 is 0 Å². The average molecular weight is 292 g/mol. The molecule has 21 heavy (non-hydrogen) atoms. The van der Waals surface area contributed by atoms with Crippen molar-refractivity contribution in [2.75, 3.05) is 26.2 Å². The van der Waals surface area contributed by atoms with Gasteiger partial charge in [0.15, 0.2) is 18.1 Å². The number of nitrogens with zero attached hydrogens (tertiary/aromatic N) is 1. The molecule has 0 atom stereocenters. The number of phenolic OH excluding ortho intramolecular Hbond substituents is 1. The standard InChI is InChI=1S/C16H24N2O3/c1-2-9-18-10-7-13(8-11-18)17-16(20)12-21-15-6-4-3-5-14(15)19/h3-6,13,19H,2,7-12H2,1H3,(H,17,20). The summed E-state index contributed by atoms with van der Waals surface area (Å²) < 4.78 is 5.33. The first-order valence-electron chi connectivity index (χ1n) is 7.61. The quantitative estimate of drug-likeness (QED) is 0.839. The van der Waals surface area contributed by atoms with Gasteiger partial charge in [0.2, 0.25) is 0 Å². The van der Waals surface area contributed by atoms with E-state index in [1.54, 1.807) is 18.2 Å². The van der Waals surface area contributed by atoms with Crippen LogP contribution in [-0.2, 0) is 4.79 Å². The molecule has 1 aromatic rings. The Morgan fingerprint density at radius 2 is 2.10 bits per heavy atom. The number of hydrogen-bond donors (Lipinski definition) is 2. The maximum absolute atomic E-state index is 11.9. The van der Waals surface area contributed by atoms with Crippen molar-refractivity contribution in [2.24, 2.45) is 0 Å². The highest BCUT2D eigenvalue weighted by Gasteiger charge is 2.20. The van der Waals surface area contributed by atoms with Crippen molar-refractivity contribution in [3.05, 3.63) is 24.3 Å². The van der Waals surface area contributed by atoms with Crippen LogP contribution in [0, 0.1) is 0 Å². The fourth-order valence-corrected chi connectivity index (χ4v) is 2.61. The van der Waals surface area contributed by atoms with Gasteiger partial charge in [0.1, 0.15) is 0 Å². The van der Waals surface area contributed by atoms with Gasteiger partial charge in [-0.25, -0.2) is 0 Å². The fourth-order valence-electron chi connectivity index (χ4n) is 2.61. The van der Waals surface area contributed by atoms with Crippen molar-refractivity contribution in [2.45, 2.75) is 32.2 Å². The molecule has 2 N–H and O–H groups in total. The molecule has 5 nitrogen and oxygen atoms in total. The average Bonchev–Trinajstić information content (AvgIpc) is 2.49. The van der Waals surface area contributed by atoms with E-state index in [-0.39, 0.29) is 24.3 Å². The number of ether oxygens (including phenoxy) is 1. The first kappa shape index (κ1) is 15.6. The van der Waals surface area contributed by atoms with Crippen LogP contribution in [0.1, 0.15) is 26.2 Å². The van der Waals surface area contributed by atoms with E-state index in [2.05, 4.69) is 17.1 Å². The molecular weight excluding hydrogens is 268 g/mol. The minimum atomic E-state index is -0.132. The highest BCUT2D eigenvalue weighted by molar-refractivity contribution is 5.77. The Morgan fingerprint density at radius 3 is 2.76 bits per heavy atom. The van der Waals surface area contributed by atoms with E-state index in [4.69, 9.17) is 4.74 Å². The predicted octanol–water partition coefficient (Wildman–Crippen LogP) is 1.76. The summed E-state index contributed by atoms with van der Waals surface area (Å²) in [6.45, 7) is 5.34. The van der Waals surface area contributed by atoms with Crippen LogP contribution in [-0.4, -0.2) is 48.2 Å². The molecule has 1 aromatic carbocycles. The molecule has 1 aliphatic heterocycles. The minimum absolute atomic E-state index is 0.0539. The van der Waals surface area contributed by atoms with Gasteiger partial charge in [0.05, 0.1) is 0 Å². The zero-order valence-electron chi connectivity index (χ0n) is 12.5. The molecule has 1 heterocycles. The number of carbonyl (C=O) groups excluding carboxylic acids is 1. The summed E-state index contributed by atoms with van der Waals surface area (Å²) in [6.07, 6.45) is 3.15. The van der Waals surface area contributed by atoms with Gasteiger partial charge in [-0.1, -0.05) is 19.1 Å². The van der Waals surface area contributed by atoms with Gasteiger partial charge in [-0.15, -0.1) is 0 Å². The zero-order valence-corrected chi connectivity index (χ0v) is 12.5. The topological polar surface area (TPSA) is 61.8 Å². The molecule has 1 saturated heterocycles. The Hall–Kier alpha value is -1.75. The van der Waals surface area contributed by atoms with E-state index in [1.807, 2.05) is 0 Å². The lowest BCUT2D eigenvalue weighted by molar-refractivity contribution is -0.124. The number of benzene rings is 1. The summed E-state index contributed by atoms with van der Waals surface area (Å²) in [5.74, 6) is 0.260. The van der Waals surface area contributed by atoms with E-state index in [0.29, 0.717) is 5.75 Å². The number of para-hydroxylation sites is 2. The van der Waals surface area contributed by atoms with Crippen molar-refractivity contribution in [3.63, 3.8) is 0 Å². The molecule has 0 aromatic heterocycles. The van der Waals surface area contributed by atoms with Crippen LogP contribution in [0.15, 0.2) is 24.3 Å². The van der Waals surface area contributed by atoms with Crippen molar-refractivity contribution in [1.29, 1.82) is 0 Å². The number of nitrogens with one attached hydrogen (secondary N) is 1. The molecule has 0 unspecified atom stereocenters. The van der Waals surface area contributed by atoms with Crippen LogP contribution >= 0.6 is 0 Å². The molecule has 0 spiro atoms. The molecule has 2 rings (SSSR count). The number of carbonyl (C=O) groups is 1. The van der Waals surface area contributed by atoms with Gasteiger partial charge < -0.3 is 20.1 Å². The number of rotatable bonds is 6. The summed E-state index contributed by atoms with van der Waals surface area (Å²) in [5, 5.41) is 12.6. The third-order valence-corrected chi connectivity index (χ3v) is 3.72. The maximum atomic E-state index is 11.9. The molecule has 1 amide bonds. The van der Waals surface area contributed by atoms with Crippen molar-refractivity contribution in [3.8, 4) is 11.5 Å².